The summed E-state index contributed by atoms with van der Waals surface area (Å²) in [6, 6.07) is 7.18. The van der Waals surface area contributed by atoms with Gasteiger partial charge in [-0.2, -0.15) is 0 Å². The first-order valence-corrected chi connectivity index (χ1v) is 7.15. The van der Waals surface area contributed by atoms with E-state index in [9.17, 15) is 4.79 Å². The fraction of sp³-hybridized carbons (Fsp3) is 0.562. The number of benzene rings is 1. The molecule has 0 amide bonds. The molecular weight excluding hydrogens is 254 g/mol. The molecule has 0 bridgehead atoms. The van der Waals surface area contributed by atoms with Crippen LogP contribution in [0.25, 0.3) is 0 Å². The minimum Gasteiger partial charge on any atom is -0.490 e. The van der Waals surface area contributed by atoms with Crippen molar-refractivity contribution in [2.24, 2.45) is 0 Å². The lowest BCUT2D eigenvalue weighted by atomic mass is 10.1. The Kier molecular flexibility index (Phi) is 4.65. The molecule has 20 heavy (non-hydrogen) atoms. The number of esters is 1. The monoisotopic (exact) mass is 277 g/mol. The summed E-state index contributed by atoms with van der Waals surface area (Å²) in [6.07, 6.45) is 2.31. The highest BCUT2D eigenvalue weighted by Gasteiger charge is 2.18. The predicted octanol–water partition coefficient (Wildman–Crippen LogP) is 2.77. The average molecular weight is 277 g/mol. The van der Waals surface area contributed by atoms with Crippen molar-refractivity contribution in [2.75, 3.05) is 13.1 Å². The SMILES string of the molecule is CC(C)(C)OC(=O)c1ccc(OC2CCNCC2)cc1. The maximum absolute atomic E-state index is 11.9. The Morgan fingerprint density at radius 1 is 1.15 bits per heavy atom. The van der Waals surface area contributed by atoms with Gasteiger partial charge in [-0.1, -0.05) is 0 Å². The molecule has 1 heterocycles. The van der Waals surface area contributed by atoms with Crippen molar-refractivity contribution in [3.05, 3.63) is 29.8 Å². The van der Waals surface area contributed by atoms with E-state index in [2.05, 4.69) is 5.32 Å². The van der Waals surface area contributed by atoms with Crippen molar-refractivity contribution in [3.8, 4) is 5.75 Å². The lowest BCUT2D eigenvalue weighted by molar-refractivity contribution is 0.00695. The lowest BCUT2D eigenvalue weighted by Crippen LogP contribution is -2.34. The maximum Gasteiger partial charge on any atom is 0.338 e. The molecule has 1 aliphatic rings. The fourth-order valence-electron chi connectivity index (χ4n) is 2.11. The first-order valence-electron chi connectivity index (χ1n) is 7.15. The molecule has 0 atom stereocenters. The van der Waals surface area contributed by atoms with E-state index in [-0.39, 0.29) is 12.1 Å². The third-order valence-electron chi connectivity index (χ3n) is 3.08. The predicted molar refractivity (Wildman–Crippen MR) is 78.1 cm³/mol. The molecule has 0 aliphatic carbocycles. The van der Waals surface area contributed by atoms with Crippen LogP contribution in [0.2, 0.25) is 0 Å². The Balaban J connectivity index is 1.93. The highest BCUT2D eigenvalue weighted by molar-refractivity contribution is 5.89. The Morgan fingerprint density at radius 2 is 1.75 bits per heavy atom. The van der Waals surface area contributed by atoms with E-state index in [4.69, 9.17) is 9.47 Å². The number of hydrogen-bond donors (Lipinski definition) is 1. The van der Waals surface area contributed by atoms with Crippen LogP contribution in [-0.2, 0) is 4.74 Å². The van der Waals surface area contributed by atoms with Crippen molar-refractivity contribution in [2.45, 2.75) is 45.3 Å². The molecule has 1 N–H and O–H groups in total. The van der Waals surface area contributed by atoms with Crippen molar-refractivity contribution in [3.63, 3.8) is 0 Å². The second kappa shape index (κ2) is 6.27. The second-order valence-electron chi connectivity index (χ2n) is 6.09. The van der Waals surface area contributed by atoms with E-state index < -0.39 is 5.60 Å². The van der Waals surface area contributed by atoms with Gasteiger partial charge in [-0.25, -0.2) is 4.79 Å². The van der Waals surface area contributed by atoms with Crippen molar-refractivity contribution < 1.29 is 14.3 Å². The van der Waals surface area contributed by atoms with Crippen LogP contribution in [0, 0.1) is 0 Å². The Bertz CT molecular complexity index is 442. The van der Waals surface area contributed by atoms with Crippen LogP contribution < -0.4 is 10.1 Å². The van der Waals surface area contributed by atoms with Crippen LogP contribution in [0.3, 0.4) is 0 Å². The van der Waals surface area contributed by atoms with Crippen molar-refractivity contribution in [1.29, 1.82) is 0 Å². The van der Waals surface area contributed by atoms with Crippen LogP contribution in [0.1, 0.15) is 44.0 Å². The molecule has 0 radical (unpaired) electrons. The number of hydrogen-bond acceptors (Lipinski definition) is 4. The summed E-state index contributed by atoms with van der Waals surface area (Å²) >= 11 is 0. The molecule has 1 aromatic rings. The minimum atomic E-state index is -0.471. The molecule has 0 saturated carbocycles. The zero-order valence-electron chi connectivity index (χ0n) is 12.4. The average Bonchev–Trinajstić information content (AvgIpc) is 2.39. The summed E-state index contributed by atoms with van der Waals surface area (Å²) < 4.78 is 11.2. The first kappa shape index (κ1) is 14.9. The van der Waals surface area contributed by atoms with Gasteiger partial charge in [0.05, 0.1) is 5.56 Å². The van der Waals surface area contributed by atoms with Crippen LogP contribution in [0.4, 0.5) is 0 Å². The molecule has 0 aromatic heterocycles. The number of carbonyl (C=O) groups excluding carboxylic acids is 1. The summed E-state index contributed by atoms with van der Waals surface area (Å²) in [6.45, 7) is 7.58. The number of nitrogens with one attached hydrogen (secondary N) is 1. The summed E-state index contributed by atoms with van der Waals surface area (Å²) in [5.41, 5.74) is 0.0824. The van der Waals surface area contributed by atoms with Gasteiger partial charge in [-0.15, -0.1) is 0 Å². The first-order chi connectivity index (χ1) is 9.44. The van der Waals surface area contributed by atoms with Gasteiger partial charge >= 0.3 is 5.97 Å². The summed E-state index contributed by atoms with van der Waals surface area (Å²) in [5, 5.41) is 3.31. The van der Waals surface area contributed by atoms with Crippen molar-refractivity contribution >= 4 is 5.97 Å². The molecule has 2 rings (SSSR count). The Labute approximate surface area is 120 Å². The highest BCUT2D eigenvalue weighted by atomic mass is 16.6. The molecular formula is C16H23NO3. The van der Waals surface area contributed by atoms with Gasteiger partial charge in [0.1, 0.15) is 17.5 Å². The summed E-state index contributed by atoms with van der Waals surface area (Å²) in [4.78, 5) is 11.9. The van der Waals surface area contributed by atoms with Crippen LogP contribution in [-0.4, -0.2) is 30.8 Å². The Morgan fingerprint density at radius 3 is 2.30 bits per heavy atom. The minimum absolute atomic E-state index is 0.267. The standard InChI is InChI=1S/C16H23NO3/c1-16(2,3)20-15(18)12-4-6-13(7-5-12)19-14-8-10-17-11-9-14/h4-7,14,17H,8-11H2,1-3H3. The van der Waals surface area contributed by atoms with E-state index in [1.165, 1.54) is 0 Å². The molecule has 1 saturated heterocycles. The van der Waals surface area contributed by atoms with Gasteiger partial charge in [0.15, 0.2) is 0 Å². The molecule has 0 unspecified atom stereocenters. The molecule has 4 nitrogen and oxygen atoms in total. The number of piperidine rings is 1. The topological polar surface area (TPSA) is 47.6 Å². The van der Waals surface area contributed by atoms with Crippen LogP contribution in [0.15, 0.2) is 24.3 Å². The summed E-state index contributed by atoms with van der Waals surface area (Å²) in [7, 11) is 0. The number of ether oxygens (including phenoxy) is 2. The zero-order chi connectivity index (χ0) is 14.6. The molecule has 0 spiro atoms. The molecule has 1 aliphatic heterocycles. The van der Waals surface area contributed by atoms with Gasteiger partial charge in [0.25, 0.3) is 0 Å². The third-order valence-corrected chi connectivity index (χ3v) is 3.08. The van der Waals surface area contributed by atoms with E-state index in [1.807, 2.05) is 32.9 Å². The van der Waals surface area contributed by atoms with Gasteiger partial charge < -0.3 is 14.8 Å². The van der Waals surface area contributed by atoms with Gasteiger partial charge in [0, 0.05) is 0 Å². The van der Waals surface area contributed by atoms with Gasteiger partial charge in [-0.05, 0) is 71.0 Å². The molecule has 1 fully saturated rings. The van der Waals surface area contributed by atoms with Gasteiger partial charge in [0.2, 0.25) is 0 Å². The van der Waals surface area contributed by atoms with E-state index in [1.54, 1.807) is 12.1 Å². The lowest BCUT2D eigenvalue weighted by Gasteiger charge is -2.24. The fourth-order valence-corrected chi connectivity index (χ4v) is 2.11. The zero-order valence-corrected chi connectivity index (χ0v) is 12.4. The number of carbonyl (C=O) groups is 1. The third kappa shape index (κ3) is 4.53. The summed E-state index contributed by atoms with van der Waals surface area (Å²) in [5.74, 6) is 0.509. The highest BCUT2D eigenvalue weighted by Crippen LogP contribution is 2.19. The number of rotatable bonds is 3. The van der Waals surface area contributed by atoms with Crippen LogP contribution >= 0.6 is 0 Å². The smallest absolute Gasteiger partial charge is 0.338 e. The quantitative estimate of drug-likeness (QED) is 0.863. The second-order valence-corrected chi connectivity index (χ2v) is 6.09. The van der Waals surface area contributed by atoms with Crippen LogP contribution in [0.5, 0.6) is 5.75 Å². The van der Waals surface area contributed by atoms with E-state index in [0.717, 1.165) is 31.7 Å². The van der Waals surface area contributed by atoms with E-state index >= 15 is 0 Å². The normalized spacial score (nSPS) is 16.8. The maximum atomic E-state index is 11.9. The van der Waals surface area contributed by atoms with Gasteiger partial charge in [-0.3, -0.25) is 0 Å². The van der Waals surface area contributed by atoms with Crippen molar-refractivity contribution in [1.82, 2.24) is 5.32 Å². The molecule has 1 aromatic carbocycles. The molecule has 4 heteroatoms. The largest absolute Gasteiger partial charge is 0.490 e. The van der Waals surface area contributed by atoms with E-state index in [0.29, 0.717) is 5.56 Å². The Hall–Kier alpha value is -1.55. The molecule has 110 valence electrons.